The summed E-state index contributed by atoms with van der Waals surface area (Å²) in [5, 5.41) is 9.15. The molecule has 75 heavy (non-hydrogen) atoms. The quantitative estimate of drug-likeness (QED) is 0.0221. The number of benzene rings is 5. The van der Waals surface area contributed by atoms with Crippen LogP contribution >= 0.6 is 0 Å². The monoisotopic (exact) mass is 1010 g/mol. The highest BCUT2D eigenvalue weighted by Gasteiger charge is 2.15. The Labute approximate surface area is 444 Å². The number of hydrogen-bond donors (Lipinski definition) is 0. The summed E-state index contributed by atoms with van der Waals surface area (Å²) in [4.78, 5) is 32.0. The van der Waals surface area contributed by atoms with Gasteiger partial charge in [-0.2, -0.15) is 5.26 Å². The van der Waals surface area contributed by atoms with Gasteiger partial charge in [0, 0.05) is 35.9 Å². The van der Waals surface area contributed by atoms with Crippen molar-refractivity contribution in [1.82, 2.24) is 19.9 Å². The minimum atomic E-state index is -0.515. The van der Waals surface area contributed by atoms with Crippen LogP contribution in [-0.2, 0) is 12.8 Å². The molecule has 0 N–H and O–H groups in total. The van der Waals surface area contributed by atoms with Gasteiger partial charge in [-0.25, -0.2) is 24.7 Å². The zero-order chi connectivity index (χ0) is 52.1. The highest BCUT2D eigenvalue weighted by atomic mass is 16.5. The fourth-order valence-corrected chi connectivity index (χ4v) is 8.52. The highest BCUT2D eigenvalue weighted by molar-refractivity contribution is 5.92. The molecule has 2 heterocycles. The molecule has 0 spiro atoms. The van der Waals surface area contributed by atoms with E-state index in [9.17, 15) is 4.79 Å². The van der Waals surface area contributed by atoms with E-state index < -0.39 is 5.97 Å². The molecule has 7 aromatic rings. The number of carbonyl (C=O) groups is 1. The minimum absolute atomic E-state index is 0.335. The van der Waals surface area contributed by atoms with Gasteiger partial charge in [0.15, 0.2) is 23.1 Å². The van der Waals surface area contributed by atoms with Crippen LogP contribution in [0.15, 0.2) is 140 Å². The average molecular weight is 1010 g/mol. The summed E-state index contributed by atoms with van der Waals surface area (Å²) in [6, 6.07) is 37.7. The van der Waals surface area contributed by atoms with Crippen molar-refractivity contribution in [1.29, 1.82) is 5.26 Å². The number of unbranched alkanes of at least 4 members (excludes halogenated alkanes) is 12. The average Bonchev–Trinajstić information content (AvgIpc) is 3.45. The minimum Gasteiger partial charge on any atom is -0.494 e. The molecule has 7 rings (SSSR count). The van der Waals surface area contributed by atoms with Crippen LogP contribution < -0.4 is 23.7 Å². The van der Waals surface area contributed by atoms with Gasteiger partial charge in [0.2, 0.25) is 0 Å². The number of aryl methyl sites for hydroxylation is 2. The van der Waals surface area contributed by atoms with Gasteiger partial charge in [0.25, 0.3) is 0 Å². The molecule has 2 aromatic heterocycles. The lowest BCUT2D eigenvalue weighted by Crippen LogP contribution is -2.10. The summed E-state index contributed by atoms with van der Waals surface area (Å²) < 4.78 is 30.4. The van der Waals surface area contributed by atoms with Crippen LogP contribution in [0, 0.1) is 11.3 Å². The Morgan fingerprint density at radius 3 is 1.29 bits per heavy atom. The smallest absolute Gasteiger partial charge is 0.343 e. The lowest BCUT2D eigenvalue weighted by molar-refractivity contribution is 0.0734. The van der Waals surface area contributed by atoms with Gasteiger partial charge in [-0.15, -0.1) is 0 Å². The molecule has 390 valence electrons. The Balaban J connectivity index is 0.864. The van der Waals surface area contributed by atoms with Crippen molar-refractivity contribution >= 4 is 5.97 Å². The lowest BCUT2D eigenvalue weighted by atomic mass is 10.0. The van der Waals surface area contributed by atoms with E-state index >= 15 is 0 Å². The summed E-state index contributed by atoms with van der Waals surface area (Å²) in [6.45, 7) is 6.36. The molecule has 0 amide bonds. The van der Waals surface area contributed by atoms with Gasteiger partial charge >= 0.3 is 5.97 Å². The largest absolute Gasteiger partial charge is 0.494 e. The Hall–Kier alpha value is -7.58. The molecule has 0 bridgehead atoms. The van der Waals surface area contributed by atoms with Crippen molar-refractivity contribution in [2.45, 2.75) is 129 Å². The molecular formula is C64H73N5O6. The first-order valence-corrected chi connectivity index (χ1v) is 27.3. The van der Waals surface area contributed by atoms with Crippen molar-refractivity contribution in [3.63, 3.8) is 0 Å². The van der Waals surface area contributed by atoms with Crippen molar-refractivity contribution < 1.29 is 28.5 Å². The number of carbonyl (C=O) groups excluding carboxylic acids is 1. The van der Waals surface area contributed by atoms with Gasteiger partial charge in [0.05, 0.1) is 43.6 Å². The molecule has 0 unspecified atom stereocenters. The maximum atomic E-state index is 13.5. The highest BCUT2D eigenvalue weighted by Crippen LogP contribution is 2.31. The maximum Gasteiger partial charge on any atom is 0.343 e. The van der Waals surface area contributed by atoms with Crippen molar-refractivity contribution in [3.05, 3.63) is 162 Å². The van der Waals surface area contributed by atoms with E-state index in [2.05, 4.69) is 39.9 Å². The van der Waals surface area contributed by atoms with Gasteiger partial charge in [-0.1, -0.05) is 102 Å². The fourth-order valence-electron chi connectivity index (χ4n) is 8.52. The third kappa shape index (κ3) is 18.7. The summed E-state index contributed by atoms with van der Waals surface area (Å²) in [5.74, 6) is 3.88. The molecule has 11 nitrogen and oxygen atoms in total. The van der Waals surface area contributed by atoms with E-state index in [-0.39, 0.29) is 0 Å². The summed E-state index contributed by atoms with van der Waals surface area (Å²) in [6.07, 6.45) is 28.1. The number of nitriles is 1. The Bertz CT molecular complexity index is 2780. The Morgan fingerprint density at radius 2 is 0.827 bits per heavy atom. The number of nitrogens with zero attached hydrogens (tertiary/aromatic N) is 5. The number of aromatic nitrogens is 4. The van der Waals surface area contributed by atoms with Crippen LogP contribution in [0.3, 0.4) is 0 Å². The molecular weight excluding hydrogens is 935 g/mol. The van der Waals surface area contributed by atoms with E-state index in [4.69, 9.17) is 28.9 Å². The number of rotatable bonds is 33. The molecule has 0 saturated heterocycles. The summed E-state index contributed by atoms with van der Waals surface area (Å²) >= 11 is 0. The first-order chi connectivity index (χ1) is 37.0. The van der Waals surface area contributed by atoms with Gasteiger partial charge in [-0.05, 0) is 165 Å². The third-order valence-corrected chi connectivity index (χ3v) is 13.0. The predicted molar refractivity (Wildman–Crippen MR) is 298 cm³/mol. The predicted octanol–water partition coefficient (Wildman–Crippen LogP) is 15.6. The van der Waals surface area contributed by atoms with E-state index in [1.807, 2.05) is 97.6 Å². The zero-order valence-corrected chi connectivity index (χ0v) is 44.0. The van der Waals surface area contributed by atoms with Crippen molar-refractivity contribution in [2.75, 3.05) is 26.4 Å². The second-order valence-electron chi connectivity index (χ2n) is 19.0. The van der Waals surface area contributed by atoms with Crippen molar-refractivity contribution in [3.8, 4) is 68.7 Å². The number of esters is 1. The van der Waals surface area contributed by atoms with Crippen LogP contribution in [-0.4, -0.2) is 52.3 Å². The molecule has 0 aliphatic carbocycles. The first-order valence-electron chi connectivity index (χ1n) is 27.3. The SMILES string of the molecule is CCCCCCCCc1cnc(-c2ccc(OCCCCOc3ccc(C(=O)Oc4ccc(-c5ccc(C#N)cc5)cc4)cc3OCCCCOc3ccc(-c4ncc(CCCCCCCC)cn4)cc3)cc2)nc1. The first kappa shape index (κ1) is 55.2. The topological polar surface area (TPSA) is 139 Å². The fraction of sp³-hybridized carbons (Fsp3) is 0.375. The second-order valence-corrected chi connectivity index (χ2v) is 19.0. The number of ether oxygens (including phenoxy) is 5. The molecule has 11 heteroatoms. The molecule has 0 aliphatic rings. The Morgan fingerprint density at radius 1 is 0.427 bits per heavy atom. The summed E-state index contributed by atoms with van der Waals surface area (Å²) in [5.41, 5.74) is 7.09. The zero-order valence-electron chi connectivity index (χ0n) is 44.0. The van der Waals surface area contributed by atoms with Crippen molar-refractivity contribution in [2.24, 2.45) is 0 Å². The molecule has 0 atom stereocenters. The third-order valence-electron chi connectivity index (χ3n) is 13.0. The molecule has 0 saturated carbocycles. The molecule has 0 radical (unpaired) electrons. The van der Waals surface area contributed by atoms with E-state index in [0.29, 0.717) is 72.9 Å². The van der Waals surface area contributed by atoms with E-state index in [0.717, 1.165) is 65.9 Å². The van der Waals surface area contributed by atoms with Gasteiger partial charge in [0.1, 0.15) is 17.2 Å². The van der Waals surface area contributed by atoms with E-state index in [1.165, 1.54) is 88.2 Å². The van der Waals surface area contributed by atoms with Crippen LogP contribution in [0.4, 0.5) is 0 Å². The van der Waals surface area contributed by atoms with Crippen LogP contribution in [0.2, 0.25) is 0 Å². The van der Waals surface area contributed by atoms with E-state index in [1.54, 1.807) is 42.5 Å². The lowest BCUT2D eigenvalue weighted by Gasteiger charge is -2.15. The van der Waals surface area contributed by atoms with Crippen LogP contribution in [0.1, 0.15) is 144 Å². The molecule has 5 aromatic carbocycles. The van der Waals surface area contributed by atoms with Gasteiger partial charge in [-0.3, -0.25) is 0 Å². The maximum absolute atomic E-state index is 13.5. The molecule has 0 fully saturated rings. The van der Waals surface area contributed by atoms with Crippen LogP contribution in [0.5, 0.6) is 28.7 Å². The summed E-state index contributed by atoms with van der Waals surface area (Å²) in [7, 11) is 0. The second kappa shape index (κ2) is 31.2. The number of hydrogen-bond acceptors (Lipinski definition) is 11. The normalized spacial score (nSPS) is 10.9. The van der Waals surface area contributed by atoms with Gasteiger partial charge < -0.3 is 23.7 Å². The Kier molecular flexibility index (Phi) is 23.0. The van der Waals surface area contributed by atoms with Crippen LogP contribution in [0.25, 0.3) is 33.9 Å². The molecule has 0 aliphatic heterocycles. The standard InChI is InChI=1S/C64H73N5O6/c1-3-5-7-9-11-13-19-50-45-66-62(67-46-50)54-27-32-57(33-28-54)71-39-15-17-41-73-60-38-31-56(64(70)75-59-36-25-53(26-37-59)52-23-21-49(44-65)22-24-52)43-61(60)74-42-18-16-40-72-58-34-29-55(30-35-58)63-68-47-51(48-69-63)20-14-12-10-8-6-4-2/h21-38,43,45-48H,3-20,39-42H2,1-2H3.